The quantitative estimate of drug-likeness (QED) is 0.801. The van der Waals surface area contributed by atoms with Crippen LogP contribution in [0.2, 0.25) is 5.02 Å². The molecule has 19 heavy (non-hydrogen) atoms. The van der Waals surface area contributed by atoms with Crippen LogP contribution in [0, 0.1) is 11.3 Å². The Kier molecular flexibility index (Phi) is 4.67. The van der Waals surface area contributed by atoms with E-state index in [1.165, 1.54) is 0 Å². The Bertz CT molecular complexity index is 608. The Morgan fingerprint density at radius 1 is 1.37 bits per heavy atom. The van der Waals surface area contributed by atoms with E-state index >= 15 is 0 Å². The minimum atomic E-state index is 0.619. The minimum absolute atomic E-state index is 0.619. The molecule has 0 saturated carbocycles. The van der Waals surface area contributed by atoms with Crippen LogP contribution < -0.4 is 4.74 Å². The largest absolute Gasteiger partial charge is 0.496 e. The molecule has 0 aliphatic carbocycles. The van der Waals surface area contributed by atoms with E-state index in [2.05, 4.69) is 11.1 Å². The fourth-order valence-electron chi connectivity index (χ4n) is 1.56. The van der Waals surface area contributed by atoms with Gasteiger partial charge < -0.3 is 4.74 Å². The van der Waals surface area contributed by atoms with E-state index in [1.54, 1.807) is 37.2 Å². The van der Waals surface area contributed by atoms with Gasteiger partial charge in [-0.1, -0.05) is 11.6 Å². The van der Waals surface area contributed by atoms with Crippen molar-refractivity contribution in [1.82, 2.24) is 4.98 Å². The molecule has 0 unspecified atom stereocenters. The number of hydrogen-bond acceptors (Lipinski definition) is 4. The Morgan fingerprint density at radius 3 is 2.84 bits per heavy atom. The van der Waals surface area contributed by atoms with Gasteiger partial charge in [0.25, 0.3) is 0 Å². The van der Waals surface area contributed by atoms with Crippen LogP contribution in [0.4, 0.5) is 0 Å². The molecule has 3 nitrogen and oxygen atoms in total. The normalized spacial score (nSPS) is 9.95. The van der Waals surface area contributed by atoms with Crippen LogP contribution in [-0.2, 0) is 5.75 Å². The highest BCUT2D eigenvalue weighted by molar-refractivity contribution is 7.98. The van der Waals surface area contributed by atoms with E-state index < -0.39 is 0 Å². The molecule has 0 fully saturated rings. The maximum absolute atomic E-state index is 8.92. The lowest BCUT2D eigenvalue weighted by molar-refractivity contribution is 0.411. The molecule has 0 aliphatic heterocycles. The summed E-state index contributed by atoms with van der Waals surface area (Å²) in [5.41, 5.74) is 1.60. The summed E-state index contributed by atoms with van der Waals surface area (Å²) in [5.74, 6) is 1.47. The highest BCUT2D eigenvalue weighted by Crippen LogP contribution is 2.28. The number of rotatable bonds is 4. The lowest BCUT2D eigenvalue weighted by Crippen LogP contribution is -1.92. The lowest BCUT2D eigenvalue weighted by Gasteiger charge is -2.08. The number of methoxy groups -OCH3 is 1. The second kappa shape index (κ2) is 6.46. The van der Waals surface area contributed by atoms with E-state index in [0.29, 0.717) is 16.3 Å². The number of pyridine rings is 1. The predicted molar refractivity (Wildman–Crippen MR) is 76.5 cm³/mol. The van der Waals surface area contributed by atoms with Gasteiger partial charge in [-0.2, -0.15) is 5.26 Å². The maximum Gasteiger partial charge on any atom is 0.122 e. The number of halogens is 1. The number of nitrogens with zero attached hydrogens (tertiary/aromatic N) is 2. The van der Waals surface area contributed by atoms with Gasteiger partial charge in [0.15, 0.2) is 0 Å². The molecular formula is C14H11ClN2OS. The van der Waals surface area contributed by atoms with Crippen LogP contribution in [0.25, 0.3) is 0 Å². The standard InChI is InChI=1S/C14H11ClN2OS/c1-18-13-4-2-10(7-16)6-11(13)9-19-14-5-3-12(15)8-17-14/h2-6,8H,9H2,1H3. The Hall–Kier alpha value is -1.70. The number of benzene rings is 1. The molecule has 0 amide bonds. The van der Waals surface area contributed by atoms with Gasteiger partial charge >= 0.3 is 0 Å². The van der Waals surface area contributed by atoms with E-state index in [9.17, 15) is 0 Å². The van der Waals surface area contributed by atoms with E-state index in [-0.39, 0.29) is 0 Å². The first-order valence-corrected chi connectivity index (χ1v) is 6.90. The summed E-state index contributed by atoms with van der Waals surface area (Å²) in [7, 11) is 1.62. The molecule has 0 spiro atoms. The number of aromatic nitrogens is 1. The van der Waals surface area contributed by atoms with Gasteiger partial charge in [-0.05, 0) is 30.3 Å². The van der Waals surface area contributed by atoms with Crippen molar-refractivity contribution in [2.45, 2.75) is 10.8 Å². The molecule has 1 heterocycles. The molecule has 1 aromatic carbocycles. The SMILES string of the molecule is COc1ccc(C#N)cc1CSc1ccc(Cl)cn1. The third-order valence-electron chi connectivity index (χ3n) is 2.49. The van der Waals surface area contributed by atoms with Crippen LogP contribution >= 0.6 is 23.4 Å². The molecule has 0 radical (unpaired) electrons. The second-order valence-electron chi connectivity index (χ2n) is 3.74. The number of thioether (sulfide) groups is 1. The predicted octanol–water partition coefficient (Wildman–Crippen LogP) is 3.91. The average Bonchev–Trinajstić information content (AvgIpc) is 2.46. The molecule has 0 N–H and O–H groups in total. The zero-order valence-electron chi connectivity index (χ0n) is 10.3. The van der Waals surface area contributed by atoms with Crippen LogP contribution in [-0.4, -0.2) is 12.1 Å². The lowest BCUT2D eigenvalue weighted by atomic mass is 10.1. The summed E-state index contributed by atoms with van der Waals surface area (Å²) < 4.78 is 5.29. The molecule has 0 saturated heterocycles. The van der Waals surface area contributed by atoms with Crippen LogP contribution in [0.5, 0.6) is 5.75 Å². The molecule has 96 valence electrons. The van der Waals surface area contributed by atoms with Gasteiger partial charge in [0.1, 0.15) is 5.75 Å². The summed E-state index contributed by atoms with van der Waals surface area (Å²) in [6.07, 6.45) is 1.62. The Labute approximate surface area is 121 Å². The fraction of sp³-hybridized carbons (Fsp3) is 0.143. The molecular weight excluding hydrogens is 280 g/mol. The summed E-state index contributed by atoms with van der Waals surface area (Å²) in [4.78, 5) is 4.22. The molecule has 0 bridgehead atoms. The van der Waals surface area contributed by atoms with Crippen LogP contribution in [0.15, 0.2) is 41.6 Å². The van der Waals surface area contributed by atoms with E-state index in [0.717, 1.165) is 16.3 Å². The first kappa shape index (κ1) is 13.7. The third-order valence-corrected chi connectivity index (χ3v) is 3.70. The van der Waals surface area contributed by atoms with E-state index in [1.807, 2.05) is 18.2 Å². The molecule has 0 atom stereocenters. The third kappa shape index (κ3) is 3.63. The number of ether oxygens (including phenoxy) is 1. The zero-order valence-corrected chi connectivity index (χ0v) is 11.8. The van der Waals surface area contributed by atoms with E-state index in [4.69, 9.17) is 21.6 Å². The Morgan fingerprint density at radius 2 is 2.21 bits per heavy atom. The Balaban J connectivity index is 2.14. The highest BCUT2D eigenvalue weighted by Gasteiger charge is 2.06. The van der Waals surface area contributed by atoms with Crippen molar-refractivity contribution in [3.8, 4) is 11.8 Å². The summed E-state index contributed by atoms with van der Waals surface area (Å²) >= 11 is 7.36. The van der Waals surface area contributed by atoms with Crippen molar-refractivity contribution in [3.63, 3.8) is 0 Å². The molecule has 1 aromatic heterocycles. The van der Waals surface area contributed by atoms with Crippen LogP contribution in [0.3, 0.4) is 0 Å². The van der Waals surface area contributed by atoms with Gasteiger partial charge in [0, 0.05) is 17.5 Å². The van der Waals surface area contributed by atoms with Gasteiger partial charge in [-0.3, -0.25) is 0 Å². The van der Waals surface area contributed by atoms with Crippen molar-refractivity contribution in [2.75, 3.05) is 7.11 Å². The van der Waals surface area contributed by atoms with Crippen molar-refractivity contribution in [2.24, 2.45) is 0 Å². The van der Waals surface area contributed by atoms with Crippen LogP contribution in [0.1, 0.15) is 11.1 Å². The topological polar surface area (TPSA) is 45.9 Å². The fourth-order valence-corrected chi connectivity index (χ4v) is 2.49. The monoisotopic (exact) mass is 290 g/mol. The number of hydrogen-bond donors (Lipinski definition) is 0. The highest BCUT2D eigenvalue weighted by atomic mass is 35.5. The smallest absolute Gasteiger partial charge is 0.122 e. The second-order valence-corrected chi connectivity index (χ2v) is 5.17. The molecule has 2 rings (SSSR count). The van der Waals surface area contributed by atoms with Gasteiger partial charge in [0.05, 0.1) is 28.8 Å². The van der Waals surface area contributed by atoms with Gasteiger partial charge in [-0.15, -0.1) is 11.8 Å². The summed E-state index contributed by atoms with van der Waals surface area (Å²) in [6.45, 7) is 0. The molecule has 0 aliphatic rings. The van der Waals surface area contributed by atoms with Crippen molar-refractivity contribution < 1.29 is 4.74 Å². The molecule has 2 aromatic rings. The maximum atomic E-state index is 8.92. The summed E-state index contributed by atoms with van der Waals surface area (Å²) in [5, 5.41) is 10.4. The molecule has 5 heteroatoms. The van der Waals surface area contributed by atoms with Gasteiger partial charge in [0.2, 0.25) is 0 Å². The first-order chi connectivity index (χ1) is 9.22. The summed E-state index contributed by atoms with van der Waals surface area (Å²) in [6, 6.07) is 11.2. The first-order valence-electron chi connectivity index (χ1n) is 5.54. The van der Waals surface area contributed by atoms with Crippen molar-refractivity contribution in [3.05, 3.63) is 52.7 Å². The van der Waals surface area contributed by atoms with Crippen molar-refractivity contribution in [1.29, 1.82) is 5.26 Å². The van der Waals surface area contributed by atoms with Gasteiger partial charge in [-0.25, -0.2) is 4.98 Å². The minimum Gasteiger partial charge on any atom is -0.496 e. The van der Waals surface area contributed by atoms with Crippen molar-refractivity contribution >= 4 is 23.4 Å². The average molecular weight is 291 g/mol. The zero-order chi connectivity index (χ0) is 13.7. The number of nitriles is 1.